The second-order valence-corrected chi connectivity index (χ2v) is 9.11. The molecule has 0 rings (SSSR count). The van der Waals surface area contributed by atoms with Gasteiger partial charge in [0.25, 0.3) is 0 Å². The zero-order chi connectivity index (χ0) is 23.8. The molecular formula is C24H39NO5S. The van der Waals surface area contributed by atoms with Gasteiger partial charge in [-0.15, -0.1) is 0 Å². The molecule has 0 aliphatic heterocycles. The van der Waals surface area contributed by atoms with Crippen molar-refractivity contribution in [2.45, 2.75) is 66.7 Å². The number of hydrogen-bond donors (Lipinski definition) is 2. The Balaban J connectivity index is 4.40. The molecule has 2 N–H and O–H groups in total. The van der Waals surface area contributed by atoms with Gasteiger partial charge in [-0.05, 0) is 60.3 Å². The second kappa shape index (κ2) is 16.6. The van der Waals surface area contributed by atoms with Crippen molar-refractivity contribution in [3.05, 3.63) is 34.9 Å². The van der Waals surface area contributed by atoms with Gasteiger partial charge in [0.1, 0.15) is 6.54 Å². The molecule has 0 saturated carbocycles. The Morgan fingerprint density at radius 1 is 0.935 bits per heavy atom. The average Bonchev–Trinajstić information content (AvgIpc) is 2.67. The fraction of sp³-hybridized carbons (Fsp3) is 0.625. The maximum atomic E-state index is 12.2. The number of nitrogens with zero attached hydrogens (tertiary/aromatic N) is 1. The molecule has 1 unspecified atom stereocenters. The van der Waals surface area contributed by atoms with Gasteiger partial charge in [0.05, 0.1) is 5.92 Å². The molecule has 0 aliphatic carbocycles. The van der Waals surface area contributed by atoms with E-state index in [4.69, 9.17) is 5.11 Å². The van der Waals surface area contributed by atoms with Gasteiger partial charge in [-0.2, -0.15) is 11.8 Å². The fourth-order valence-corrected chi connectivity index (χ4v) is 3.93. The number of amides is 1. The van der Waals surface area contributed by atoms with E-state index in [0.717, 1.165) is 25.7 Å². The molecule has 1 amide bonds. The predicted molar refractivity (Wildman–Crippen MR) is 128 cm³/mol. The smallest absolute Gasteiger partial charge is 0.323 e. The number of carbonyl (C=O) groups is 3. The lowest BCUT2D eigenvalue weighted by molar-refractivity contribution is -0.147. The molecule has 0 aromatic carbocycles. The zero-order valence-corrected chi connectivity index (χ0v) is 20.5. The third-order valence-corrected chi connectivity index (χ3v) is 5.86. The van der Waals surface area contributed by atoms with Crippen LogP contribution in [0.25, 0.3) is 0 Å². The van der Waals surface area contributed by atoms with Crippen molar-refractivity contribution in [1.82, 2.24) is 4.90 Å². The van der Waals surface area contributed by atoms with E-state index in [1.165, 1.54) is 33.4 Å². The molecule has 176 valence electrons. The highest BCUT2D eigenvalue weighted by Crippen LogP contribution is 2.17. The Labute approximate surface area is 191 Å². The number of rotatable bonds is 16. The van der Waals surface area contributed by atoms with Crippen molar-refractivity contribution in [2.24, 2.45) is 5.92 Å². The summed E-state index contributed by atoms with van der Waals surface area (Å²) in [5.41, 5.74) is 4.02. The van der Waals surface area contributed by atoms with Gasteiger partial charge in [-0.25, -0.2) is 0 Å². The number of allylic oxidation sites excluding steroid dienone is 5. The number of carboxylic acid groups (broad SMARTS) is 2. The summed E-state index contributed by atoms with van der Waals surface area (Å²) >= 11 is 1.48. The van der Waals surface area contributed by atoms with E-state index >= 15 is 0 Å². The Bertz CT molecular complexity index is 677. The topological polar surface area (TPSA) is 94.9 Å². The van der Waals surface area contributed by atoms with Gasteiger partial charge in [-0.3, -0.25) is 14.4 Å². The summed E-state index contributed by atoms with van der Waals surface area (Å²) in [5.74, 6) is -2.37. The molecule has 1 atom stereocenters. The lowest BCUT2D eigenvalue weighted by Gasteiger charge is -2.20. The van der Waals surface area contributed by atoms with Crippen molar-refractivity contribution >= 4 is 29.6 Å². The minimum atomic E-state index is -1.10. The number of hydrogen-bond acceptors (Lipinski definition) is 4. The minimum Gasteiger partial charge on any atom is -0.481 e. The Morgan fingerprint density at radius 2 is 1.52 bits per heavy atom. The summed E-state index contributed by atoms with van der Waals surface area (Å²) in [7, 11) is 0. The molecule has 0 radical (unpaired) electrons. The molecule has 0 fully saturated rings. The van der Waals surface area contributed by atoms with E-state index in [2.05, 4.69) is 45.9 Å². The molecule has 7 heteroatoms. The van der Waals surface area contributed by atoms with Gasteiger partial charge in [0.2, 0.25) is 5.91 Å². The molecule has 6 nitrogen and oxygen atoms in total. The highest BCUT2D eigenvalue weighted by Gasteiger charge is 2.24. The molecule has 31 heavy (non-hydrogen) atoms. The first-order valence-corrected chi connectivity index (χ1v) is 12.0. The van der Waals surface area contributed by atoms with Crippen molar-refractivity contribution in [3.8, 4) is 0 Å². The van der Waals surface area contributed by atoms with Crippen LogP contribution in [0.5, 0.6) is 0 Å². The second-order valence-electron chi connectivity index (χ2n) is 8.04. The lowest BCUT2D eigenvalue weighted by atomic mass is 10.1. The maximum Gasteiger partial charge on any atom is 0.323 e. The fourth-order valence-electron chi connectivity index (χ4n) is 2.85. The van der Waals surface area contributed by atoms with Gasteiger partial charge < -0.3 is 15.1 Å². The van der Waals surface area contributed by atoms with Crippen LogP contribution in [0.3, 0.4) is 0 Å². The van der Waals surface area contributed by atoms with Crippen LogP contribution >= 0.6 is 11.8 Å². The SMILES string of the molecule is CCN(CC(=O)O)C(=O)CC(CSC/C=C(\C)CC/C=C(\C)CCC=C(C)C)C(=O)O. The highest BCUT2D eigenvalue weighted by molar-refractivity contribution is 7.99. The molecule has 0 bridgehead atoms. The summed E-state index contributed by atoms with van der Waals surface area (Å²) < 4.78 is 0. The number of carboxylic acids is 2. The van der Waals surface area contributed by atoms with Gasteiger partial charge in [0.15, 0.2) is 0 Å². The van der Waals surface area contributed by atoms with Crippen LogP contribution in [0, 0.1) is 5.92 Å². The largest absolute Gasteiger partial charge is 0.481 e. The van der Waals surface area contributed by atoms with E-state index in [1.54, 1.807) is 6.92 Å². The van der Waals surface area contributed by atoms with Crippen LogP contribution in [-0.2, 0) is 14.4 Å². The Kier molecular flexibility index (Phi) is 15.6. The lowest BCUT2D eigenvalue weighted by Crippen LogP contribution is -2.37. The quantitative estimate of drug-likeness (QED) is 0.247. The molecule has 0 spiro atoms. The number of thioether (sulfide) groups is 1. The van der Waals surface area contributed by atoms with Crippen molar-refractivity contribution in [3.63, 3.8) is 0 Å². The molecule has 0 aromatic rings. The normalized spacial score (nSPS) is 12.9. The number of aliphatic carboxylic acids is 2. The van der Waals surface area contributed by atoms with Crippen LogP contribution in [0.15, 0.2) is 34.9 Å². The maximum absolute atomic E-state index is 12.2. The van der Waals surface area contributed by atoms with Crippen molar-refractivity contribution < 1.29 is 24.6 Å². The summed E-state index contributed by atoms with van der Waals surface area (Å²) in [5, 5.41) is 18.3. The molecule has 0 aliphatic rings. The van der Waals surface area contributed by atoms with Crippen LogP contribution in [0.2, 0.25) is 0 Å². The van der Waals surface area contributed by atoms with Gasteiger partial charge >= 0.3 is 11.9 Å². The van der Waals surface area contributed by atoms with E-state index < -0.39 is 30.3 Å². The zero-order valence-electron chi connectivity index (χ0n) is 19.6. The van der Waals surface area contributed by atoms with Gasteiger partial charge in [0, 0.05) is 24.5 Å². The van der Waals surface area contributed by atoms with E-state index in [0.29, 0.717) is 11.5 Å². The monoisotopic (exact) mass is 453 g/mol. The first-order chi connectivity index (χ1) is 14.6. The minimum absolute atomic E-state index is 0.178. The van der Waals surface area contributed by atoms with Crippen LogP contribution in [-0.4, -0.2) is 57.6 Å². The summed E-state index contributed by atoms with van der Waals surface area (Å²) in [6.07, 6.45) is 10.6. The van der Waals surface area contributed by atoms with Crippen molar-refractivity contribution in [1.29, 1.82) is 0 Å². The van der Waals surface area contributed by atoms with E-state index in [9.17, 15) is 19.5 Å². The number of carbonyl (C=O) groups excluding carboxylic acids is 1. The van der Waals surface area contributed by atoms with Crippen LogP contribution in [0.4, 0.5) is 0 Å². The van der Waals surface area contributed by atoms with E-state index in [1.807, 2.05) is 0 Å². The molecular weight excluding hydrogens is 414 g/mol. The summed E-state index contributed by atoms with van der Waals surface area (Å²) in [6.45, 7) is 9.99. The van der Waals surface area contributed by atoms with Crippen molar-refractivity contribution in [2.75, 3.05) is 24.6 Å². The molecule has 0 heterocycles. The average molecular weight is 454 g/mol. The third kappa shape index (κ3) is 15.4. The first-order valence-electron chi connectivity index (χ1n) is 10.8. The predicted octanol–water partition coefficient (Wildman–Crippen LogP) is 5.16. The Hall–Kier alpha value is -2.02. The van der Waals surface area contributed by atoms with Crippen LogP contribution in [0.1, 0.15) is 66.7 Å². The third-order valence-electron chi connectivity index (χ3n) is 4.82. The Morgan fingerprint density at radius 3 is 2.03 bits per heavy atom. The molecule has 0 saturated heterocycles. The summed E-state index contributed by atoms with van der Waals surface area (Å²) in [4.78, 5) is 35.7. The van der Waals surface area contributed by atoms with Gasteiger partial charge in [-0.1, -0.05) is 34.9 Å². The van der Waals surface area contributed by atoms with E-state index in [-0.39, 0.29) is 13.0 Å². The standard InChI is InChI=1S/C24H39NO5S/c1-6-25(16-23(27)28)22(26)15-21(24(29)30)17-31-14-13-20(5)12-8-11-19(4)10-7-9-18(2)3/h9,11,13,21H,6-8,10,12,14-17H2,1-5H3,(H,27,28)(H,29,30)/b19-11+,20-13+. The van der Waals surface area contributed by atoms with Crippen LogP contribution < -0.4 is 0 Å². The molecule has 0 aromatic heterocycles. The first kappa shape index (κ1) is 29.0. The number of likely N-dealkylation sites (N-methyl/N-ethyl adjacent to an activating group) is 1. The highest BCUT2D eigenvalue weighted by atomic mass is 32.2. The summed E-state index contributed by atoms with van der Waals surface area (Å²) in [6, 6.07) is 0.